The first kappa shape index (κ1) is 14.0. The molecular weight excluding hydrogens is 198 g/mol. The van der Waals surface area contributed by atoms with Crippen LogP contribution < -0.4 is 5.32 Å². The summed E-state index contributed by atoms with van der Waals surface area (Å²) in [7, 11) is 0. The van der Waals surface area contributed by atoms with Gasteiger partial charge in [0, 0.05) is 12.6 Å². The molecule has 0 aliphatic heterocycles. The molecule has 1 rings (SSSR count). The average molecular weight is 227 g/mol. The summed E-state index contributed by atoms with van der Waals surface area (Å²) in [6.07, 6.45) is 5.07. The maximum Gasteiger partial charge on any atom is 0.0839 e. The Kier molecular flexibility index (Phi) is 4.81. The highest BCUT2D eigenvalue weighted by atomic mass is 16.5. The summed E-state index contributed by atoms with van der Waals surface area (Å²) in [5.74, 6) is 0. The van der Waals surface area contributed by atoms with Crippen LogP contribution in [0.15, 0.2) is 0 Å². The summed E-state index contributed by atoms with van der Waals surface area (Å²) in [6, 6.07) is 0.465. The second-order valence-corrected chi connectivity index (χ2v) is 6.06. The lowest BCUT2D eigenvalue weighted by atomic mass is 9.75. The summed E-state index contributed by atoms with van der Waals surface area (Å²) in [4.78, 5) is 0. The van der Waals surface area contributed by atoms with Crippen LogP contribution in [0, 0.1) is 5.41 Å². The number of likely N-dealkylation sites (N-methyl/N-ethyl adjacent to an activating group) is 1. The lowest BCUT2D eigenvalue weighted by molar-refractivity contribution is -0.0863. The first-order valence-electron chi connectivity index (χ1n) is 6.83. The number of rotatable bonds is 5. The minimum absolute atomic E-state index is 0.0863. The Bertz CT molecular complexity index is 201. The van der Waals surface area contributed by atoms with Crippen LogP contribution in [0.2, 0.25) is 0 Å². The Labute approximate surface area is 101 Å². The smallest absolute Gasteiger partial charge is 0.0839 e. The second kappa shape index (κ2) is 5.50. The molecule has 1 aliphatic rings. The van der Waals surface area contributed by atoms with Crippen LogP contribution in [-0.2, 0) is 4.74 Å². The fourth-order valence-electron chi connectivity index (χ4n) is 3.26. The van der Waals surface area contributed by atoms with E-state index in [2.05, 4.69) is 39.9 Å². The fourth-order valence-corrected chi connectivity index (χ4v) is 3.26. The van der Waals surface area contributed by atoms with E-state index in [0.717, 1.165) is 13.2 Å². The van der Waals surface area contributed by atoms with Crippen LogP contribution in [-0.4, -0.2) is 24.8 Å². The van der Waals surface area contributed by atoms with E-state index in [1.54, 1.807) is 0 Å². The first-order chi connectivity index (χ1) is 7.46. The van der Waals surface area contributed by atoms with Gasteiger partial charge in [0.2, 0.25) is 0 Å². The van der Waals surface area contributed by atoms with E-state index in [1.807, 2.05) is 0 Å². The molecule has 1 atom stereocenters. The van der Waals surface area contributed by atoms with Crippen molar-refractivity contribution in [2.24, 2.45) is 5.41 Å². The summed E-state index contributed by atoms with van der Waals surface area (Å²) in [5.41, 5.74) is 0.346. The lowest BCUT2D eigenvalue weighted by Gasteiger charge is -2.45. The molecule has 96 valence electrons. The molecule has 1 aliphatic carbocycles. The highest BCUT2D eigenvalue weighted by Crippen LogP contribution is 2.42. The van der Waals surface area contributed by atoms with Gasteiger partial charge >= 0.3 is 0 Å². The van der Waals surface area contributed by atoms with Crippen LogP contribution >= 0.6 is 0 Å². The normalized spacial score (nSPS) is 22.3. The van der Waals surface area contributed by atoms with Crippen LogP contribution in [0.1, 0.15) is 60.3 Å². The summed E-state index contributed by atoms with van der Waals surface area (Å²) < 4.78 is 6.17. The van der Waals surface area contributed by atoms with Crippen molar-refractivity contribution < 1.29 is 4.74 Å². The molecule has 0 saturated heterocycles. The summed E-state index contributed by atoms with van der Waals surface area (Å²) in [5, 5.41) is 3.67. The van der Waals surface area contributed by atoms with Gasteiger partial charge in [-0.05, 0) is 31.7 Å². The van der Waals surface area contributed by atoms with Crippen molar-refractivity contribution in [3.63, 3.8) is 0 Å². The van der Waals surface area contributed by atoms with Gasteiger partial charge in [-0.3, -0.25) is 0 Å². The van der Waals surface area contributed by atoms with Crippen molar-refractivity contribution in [3.8, 4) is 0 Å². The van der Waals surface area contributed by atoms with E-state index in [-0.39, 0.29) is 11.0 Å². The molecule has 0 bridgehead atoms. The summed E-state index contributed by atoms with van der Waals surface area (Å²) in [6.45, 7) is 13.1. The third kappa shape index (κ3) is 2.98. The van der Waals surface area contributed by atoms with Crippen molar-refractivity contribution >= 4 is 0 Å². The van der Waals surface area contributed by atoms with E-state index in [9.17, 15) is 0 Å². The minimum atomic E-state index is 0.0863. The molecule has 1 fully saturated rings. The Morgan fingerprint density at radius 1 is 1.19 bits per heavy atom. The van der Waals surface area contributed by atoms with Gasteiger partial charge in [0.15, 0.2) is 0 Å². The molecule has 1 N–H and O–H groups in total. The first-order valence-corrected chi connectivity index (χ1v) is 6.83. The predicted molar refractivity (Wildman–Crippen MR) is 69.7 cm³/mol. The molecule has 0 amide bonds. The van der Waals surface area contributed by atoms with Gasteiger partial charge in [-0.2, -0.15) is 0 Å². The molecule has 0 spiro atoms. The SMILES string of the molecule is CCNC(C(C)(C)C)C1(OCC)CCCC1. The zero-order valence-electron chi connectivity index (χ0n) is 11.7. The molecule has 1 unspecified atom stereocenters. The van der Waals surface area contributed by atoms with E-state index in [4.69, 9.17) is 4.74 Å². The molecule has 0 heterocycles. The maximum atomic E-state index is 6.17. The van der Waals surface area contributed by atoms with E-state index >= 15 is 0 Å². The lowest BCUT2D eigenvalue weighted by Crippen LogP contribution is -2.57. The zero-order chi connectivity index (χ0) is 12.2. The molecule has 2 heteroatoms. The number of ether oxygens (including phenoxy) is 1. The zero-order valence-corrected chi connectivity index (χ0v) is 11.7. The van der Waals surface area contributed by atoms with Gasteiger partial charge in [0.25, 0.3) is 0 Å². The van der Waals surface area contributed by atoms with Crippen LogP contribution in [0.5, 0.6) is 0 Å². The molecule has 16 heavy (non-hydrogen) atoms. The van der Waals surface area contributed by atoms with Gasteiger partial charge in [-0.25, -0.2) is 0 Å². The molecular formula is C14H29NO. The topological polar surface area (TPSA) is 21.3 Å². The standard InChI is InChI=1S/C14H29NO/c1-6-15-12(13(3,4)5)14(16-7-2)10-8-9-11-14/h12,15H,6-11H2,1-5H3. The molecule has 0 aromatic carbocycles. The van der Waals surface area contributed by atoms with Crippen molar-refractivity contribution in [3.05, 3.63) is 0 Å². The maximum absolute atomic E-state index is 6.17. The van der Waals surface area contributed by atoms with E-state index in [0.29, 0.717) is 6.04 Å². The quantitative estimate of drug-likeness (QED) is 0.777. The Balaban J connectivity index is 2.87. The van der Waals surface area contributed by atoms with Crippen LogP contribution in [0.3, 0.4) is 0 Å². The monoisotopic (exact) mass is 227 g/mol. The Morgan fingerprint density at radius 3 is 2.12 bits per heavy atom. The average Bonchev–Trinajstić information content (AvgIpc) is 2.62. The molecule has 0 aromatic rings. The Morgan fingerprint density at radius 2 is 1.75 bits per heavy atom. The van der Waals surface area contributed by atoms with Gasteiger partial charge in [0.05, 0.1) is 5.60 Å². The second-order valence-electron chi connectivity index (χ2n) is 6.06. The highest BCUT2D eigenvalue weighted by molar-refractivity contribution is 5.02. The van der Waals surface area contributed by atoms with E-state index in [1.165, 1.54) is 25.7 Å². The molecule has 2 nitrogen and oxygen atoms in total. The molecule has 0 radical (unpaired) electrons. The van der Waals surface area contributed by atoms with Crippen molar-refractivity contribution in [1.82, 2.24) is 5.32 Å². The van der Waals surface area contributed by atoms with Crippen molar-refractivity contribution in [2.45, 2.75) is 71.9 Å². The Hall–Kier alpha value is -0.0800. The third-order valence-corrected chi connectivity index (χ3v) is 3.68. The van der Waals surface area contributed by atoms with Crippen LogP contribution in [0.4, 0.5) is 0 Å². The van der Waals surface area contributed by atoms with Crippen LogP contribution in [0.25, 0.3) is 0 Å². The summed E-state index contributed by atoms with van der Waals surface area (Å²) >= 11 is 0. The van der Waals surface area contributed by atoms with Gasteiger partial charge in [-0.1, -0.05) is 40.5 Å². The minimum Gasteiger partial charge on any atom is -0.374 e. The van der Waals surface area contributed by atoms with E-state index < -0.39 is 0 Å². The van der Waals surface area contributed by atoms with Crippen molar-refractivity contribution in [1.29, 1.82) is 0 Å². The van der Waals surface area contributed by atoms with Gasteiger partial charge < -0.3 is 10.1 Å². The third-order valence-electron chi connectivity index (χ3n) is 3.68. The highest BCUT2D eigenvalue weighted by Gasteiger charge is 2.46. The van der Waals surface area contributed by atoms with Crippen molar-refractivity contribution in [2.75, 3.05) is 13.2 Å². The predicted octanol–water partition coefficient (Wildman–Crippen LogP) is 3.36. The number of hydrogen-bond donors (Lipinski definition) is 1. The van der Waals surface area contributed by atoms with Gasteiger partial charge in [0.1, 0.15) is 0 Å². The molecule has 0 aromatic heterocycles. The number of nitrogens with one attached hydrogen (secondary N) is 1. The molecule has 1 saturated carbocycles. The largest absolute Gasteiger partial charge is 0.374 e. The van der Waals surface area contributed by atoms with Gasteiger partial charge in [-0.15, -0.1) is 0 Å². The number of hydrogen-bond acceptors (Lipinski definition) is 2. The fraction of sp³-hybridized carbons (Fsp3) is 1.00.